The average Bonchev–Trinajstić information content (AvgIpc) is 3.19. The van der Waals surface area contributed by atoms with E-state index in [9.17, 15) is 0 Å². The molecule has 148 valence electrons. The SMILES string of the molecule is OCCOCCN=C(NCCSc1ccc(Cl)cc1)NCCc1ccco1. The largest absolute Gasteiger partial charge is 0.469 e. The summed E-state index contributed by atoms with van der Waals surface area (Å²) in [6.07, 6.45) is 2.46. The number of guanidine groups is 1. The highest BCUT2D eigenvalue weighted by Gasteiger charge is 2.01. The zero-order chi connectivity index (χ0) is 19.2. The van der Waals surface area contributed by atoms with E-state index in [-0.39, 0.29) is 6.61 Å². The van der Waals surface area contributed by atoms with Gasteiger partial charge in [-0.2, -0.15) is 0 Å². The molecule has 0 saturated carbocycles. The molecule has 0 spiro atoms. The number of aliphatic hydroxyl groups is 1. The number of nitrogens with one attached hydrogen (secondary N) is 2. The normalized spacial score (nSPS) is 11.6. The maximum absolute atomic E-state index is 8.73. The molecule has 0 aliphatic carbocycles. The summed E-state index contributed by atoms with van der Waals surface area (Å²) in [7, 11) is 0. The Morgan fingerprint density at radius 3 is 2.70 bits per heavy atom. The van der Waals surface area contributed by atoms with Gasteiger partial charge in [-0.15, -0.1) is 11.8 Å². The second kappa shape index (κ2) is 13.5. The highest BCUT2D eigenvalue weighted by atomic mass is 35.5. The summed E-state index contributed by atoms with van der Waals surface area (Å²) in [6.45, 7) is 2.87. The van der Waals surface area contributed by atoms with Crippen molar-refractivity contribution in [2.45, 2.75) is 11.3 Å². The van der Waals surface area contributed by atoms with Gasteiger partial charge in [-0.1, -0.05) is 11.6 Å². The molecule has 27 heavy (non-hydrogen) atoms. The lowest BCUT2D eigenvalue weighted by Crippen LogP contribution is -2.39. The lowest BCUT2D eigenvalue weighted by molar-refractivity contribution is 0.0977. The zero-order valence-electron chi connectivity index (χ0n) is 15.2. The summed E-state index contributed by atoms with van der Waals surface area (Å²) in [5.41, 5.74) is 0. The number of ether oxygens (including phenoxy) is 1. The minimum Gasteiger partial charge on any atom is -0.469 e. The van der Waals surface area contributed by atoms with Crippen molar-refractivity contribution in [3.8, 4) is 0 Å². The van der Waals surface area contributed by atoms with Crippen molar-refractivity contribution >= 4 is 29.3 Å². The van der Waals surface area contributed by atoms with Crippen LogP contribution < -0.4 is 10.6 Å². The number of nitrogens with zero attached hydrogens (tertiary/aromatic N) is 1. The van der Waals surface area contributed by atoms with Gasteiger partial charge in [-0.3, -0.25) is 4.99 Å². The van der Waals surface area contributed by atoms with E-state index in [2.05, 4.69) is 15.6 Å². The number of hydrogen-bond acceptors (Lipinski definition) is 5. The third kappa shape index (κ3) is 9.72. The topological polar surface area (TPSA) is 79.0 Å². The second-order valence-corrected chi connectivity index (χ2v) is 7.16. The molecule has 0 unspecified atom stereocenters. The number of halogens is 1. The fourth-order valence-corrected chi connectivity index (χ4v) is 3.09. The molecule has 1 heterocycles. The maximum Gasteiger partial charge on any atom is 0.191 e. The summed E-state index contributed by atoms with van der Waals surface area (Å²) in [6, 6.07) is 11.7. The molecule has 0 fully saturated rings. The lowest BCUT2D eigenvalue weighted by atomic mass is 10.3. The van der Waals surface area contributed by atoms with Crippen molar-refractivity contribution in [3.63, 3.8) is 0 Å². The Kier molecular flexibility index (Phi) is 10.8. The molecule has 2 aromatic rings. The van der Waals surface area contributed by atoms with E-state index in [0.717, 1.165) is 42.0 Å². The maximum atomic E-state index is 8.73. The fraction of sp³-hybridized carbons (Fsp3) is 0.421. The number of aliphatic hydroxyl groups excluding tert-OH is 1. The van der Waals surface area contributed by atoms with Crippen molar-refractivity contribution in [2.24, 2.45) is 4.99 Å². The predicted molar refractivity (Wildman–Crippen MR) is 111 cm³/mol. The molecule has 1 aromatic heterocycles. The Labute approximate surface area is 169 Å². The van der Waals surface area contributed by atoms with Crippen LogP contribution in [-0.4, -0.2) is 56.3 Å². The Hall–Kier alpha value is -1.67. The molecule has 0 bridgehead atoms. The molecule has 6 nitrogen and oxygen atoms in total. The number of benzene rings is 1. The van der Waals surface area contributed by atoms with Gasteiger partial charge < -0.3 is 24.9 Å². The van der Waals surface area contributed by atoms with E-state index in [0.29, 0.717) is 19.8 Å². The Morgan fingerprint density at radius 1 is 1.15 bits per heavy atom. The first kappa shape index (κ1) is 21.6. The van der Waals surface area contributed by atoms with Crippen molar-refractivity contribution in [1.29, 1.82) is 0 Å². The highest BCUT2D eigenvalue weighted by Crippen LogP contribution is 2.19. The number of rotatable bonds is 12. The number of aliphatic imine (C=N–C) groups is 1. The van der Waals surface area contributed by atoms with E-state index in [1.165, 1.54) is 4.90 Å². The van der Waals surface area contributed by atoms with Crippen LogP contribution in [0.3, 0.4) is 0 Å². The predicted octanol–water partition coefficient (Wildman–Crippen LogP) is 2.81. The first-order valence-corrected chi connectivity index (χ1v) is 10.3. The second-order valence-electron chi connectivity index (χ2n) is 5.55. The molecular weight excluding hydrogens is 386 g/mol. The van der Waals surface area contributed by atoms with Gasteiger partial charge in [0.2, 0.25) is 0 Å². The first-order valence-electron chi connectivity index (χ1n) is 8.89. The Balaban J connectivity index is 1.71. The summed E-state index contributed by atoms with van der Waals surface area (Å²) in [5.74, 6) is 2.58. The molecule has 2 rings (SSSR count). The van der Waals surface area contributed by atoms with Crippen LogP contribution in [0.15, 0.2) is 57.0 Å². The minimum atomic E-state index is 0.0259. The van der Waals surface area contributed by atoms with Gasteiger partial charge in [0.25, 0.3) is 0 Å². The molecule has 1 aromatic carbocycles. The van der Waals surface area contributed by atoms with Gasteiger partial charge in [0, 0.05) is 35.2 Å². The molecule has 3 N–H and O–H groups in total. The van der Waals surface area contributed by atoms with E-state index in [4.69, 9.17) is 25.9 Å². The minimum absolute atomic E-state index is 0.0259. The molecule has 0 saturated heterocycles. The third-order valence-corrected chi connectivity index (χ3v) is 4.73. The molecule has 0 aliphatic rings. The van der Waals surface area contributed by atoms with Crippen LogP contribution in [0.4, 0.5) is 0 Å². The molecule has 0 radical (unpaired) electrons. The van der Waals surface area contributed by atoms with Crippen LogP contribution in [0.25, 0.3) is 0 Å². The van der Waals surface area contributed by atoms with Crippen LogP contribution in [0.5, 0.6) is 0 Å². The average molecular weight is 412 g/mol. The van der Waals surface area contributed by atoms with Gasteiger partial charge in [0.1, 0.15) is 5.76 Å². The molecule has 0 aliphatic heterocycles. The number of furan rings is 1. The Morgan fingerprint density at radius 2 is 1.96 bits per heavy atom. The molecule has 0 atom stereocenters. The van der Waals surface area contributed by atoms with E-state index in [1.807, 2.05) is 36.4 Å². The number of thioether (sulfide) groups is 1. The van der Waals surface area contributed by atoms with Gasteiger partial charge >= 0.3 is 0 Å². The third-order valence-electron chi connectivity index (χ3n) is 3.46. The first-order chi connectivity index (χ1) is 13.3. The van der Waals surface area contributed by atoms with Crippen molar-refractivity contribution < 1.29 is 14.3 Å². The summed E-state index contributed by atoms with van der Waals surface area (Å²) >= 11 is 7.66. The lowest BCUT2D eigenvalue weighted by Gasteiger charge is -2.12. The highest BCUT2D eigenvalue weighted by molar-refractivity contribution is 7.99. The summed E-state index contributed by atoms with van der Waals surface area (Å²) in [4.78, 5) is 5.68. The van der Waals surface area contributed by atoms with Gasteiger partial charge in [-0.25, -0.2) is 0 Å². The Bertz CT molecular complexity index is 651. The zero-order valence-corrected chi connectivity index (χ0v) is 16.8. The standard InChI is InChI=1S/C19H26ClN3O3S/c20-16-3-5-18(6-4-16)27-15-10-23-19(22-9-13-25-14-11-24)21-8-7-17-2-1-12-26-17/h1-6,12,24H,7-11,13-15H2,(H2,21,22,23). The van der Waals surface area contributed by atoms with Crippen LogP contribution in [-0.2, 0) is 11.2 Å². The molecule has 8 heteroatoms. The van der Waals surface area contributed by atoms with Crippen LogP contribution in [0.1, 0.15) is 5.76 Å². The van der Waals surface area contributed by atoms with Crippen molar-refractivity contribution in [3.05, 3.63) is 53.4 Å². The number of hydrogen-bond donors (Lipinski definition) is 3. The molecular formula is C19H26ClN3O3S. The van der Waals surface area contributed by atoms with E-state index < -0.39 is 0 Å². The fourth-order valence-electron chi connectivity index (χ4n) is 2.19. The van der Waals surface area contributed by atoms with Crippen LogP contribution in [0.2, 0.25) is 5.02 Å². The van der Waals surface area contributed by atoms with Crippen LogP contribution in [0, 0.1) is 0 Å². The van der Waals surface area contributed by atoms with E-state index >= 15 is 0 Å². The van der Waals surface area contributed by atoms with Gasteiger partial charge in [0.05, 0.1) is 32.6 Å². The molecule has 0 amide bonds. The smallest absolute Gasteiger partial charge is 0.191 e. The monoisotopic (exact) mass is 411 g/mol. The quantitative estimate of drug-likeness (QED) is 0.216. The summed E-state index contributed by atoms with van der Waals surface area (Å²) in [5, 5.41) is 16.1. The van der Waals surface area contributed by atoms with Gasteiger partial charge in [-0.05, 0) is 36.4 Å². The van der Waals surface area contributed by atoms with Crippen molar-refractivity contribution in [2.75, 3.05) is 45.2 Å². The van der Waals surface area contributed by atoms with E-state index in [1.54, 1.807) is 18.0 Å². The van der Waals surface area contributed by atoms with Crippen molar-refractivity contribution in [1.82, 2.24) is 10.6 Å². The van der Waals surface area contributed by atoms with Crippen LogP contribution >= 0.6 is 23.4 Å². The summed E-state index contributed by atoms with van der Waals surface area (Å²) < 4.78 is 10.6. The van der Waals surface area contributed by atoms with Gasteiger partial charge in [0.15, 0.2) is 5.96 Å².